The highest BCUT2D eigenvalue weighted by Gasteiger charge is 2.26. The lowest BCUT2D eigenvalue weighted by molar-refractivity contribution is 0.669. The normalized spacial score (nSPS) is 11.3. The highest BCUT2D eigenvalue weighted by molar-refractivity contribution is 6.17. The smallest absolute Gasteiger partial charge is 0.212 e. The van der Waals surface area contributed by atoms with Gasteiger partial charge in [-0.3, -0.25) is 0 Å². The number of rotatable bonds is 3. The number of aromatic nitrogens is 2. The van der Waals surface area contributed by atoms with Crippen molar-refractivity contribution in [1.82, 2.24) is 9.13 Å². The van der Waals surface area contributed by atoms with Crippen LogP contribution in [0.25, 0.3) is 92.9 Å². The van der Waals surface area contributed by atoms with Gasteiger partial charge in [-0.1, -0.05) is 72.8 Å². The molecule has 0 radical (unpaired) electrons. The maximum atomic E-state index is 10.8. The molecule has 0 saturated heterocycles. The predicted molar refractivity (Wildman–Crippen MR) is 208 cm³/mol. The van der Waals surface area contributed by atoms with Crippen LogP contribution in [0.5, 0.6) is 0 Å². The van der Waals surface area contributed by atoms with E-state index in [1.165, 1.54) is 6.07 Å². The van der Waals surface area contributed by atoms with Crippen molar-refractivity contribution in [3.63, 3.8) is 0 Å². The Morgan fingerprint density at radius 1 is 0.528 bits per heavy atom. The Morgan fingerprint density at radius 2 is 1.15 bits per heavy atom. The highest BCUT2D eigenvalue weighted by atomic mass is 16.3. The molecular weight excluding hydrogens is 653 g/mol. The number of fused-ring (bicyclic) bond motifs is 9. The molecule has 7 heteroatoms. The molecule has 7 aromatic carbocycles. The van der Waals surface area contributed by atoms with Gasteiger partial charge in [0.2, 0.25) is 5.69 Å². The van der Waals surface area contributed by atoms with Crippen LogP contribution in [0.1, 0.15) is 16.7 Å². The van der Waals surface area contributed by atoms with E-state index in [4.69, 9.17) is 11.0 Å². The third kappa shape index (κ3) is 4.17. The van der Waals surface area contributed by atoms with Crippen LogP contribution in [-0.4, -0.2) is 9.13 Å². The Labute approximate surface area is 302 Å². The molecule has 10 aromatic rings. The van der Waals surface area contributed by atoms with Crippen molar-refractivity contribution >= 4 is 71.2 Å². The topological polar surface area (TPSA) is 98.7 Å². The fourth-order valence-electron chi connectivity index (χ4n) is 8.03. The van der Waals surface area contributed by atoms with Crippen LogP contribution in [-0.2, 0) is 0 Å². The Balaban J connectivity index is 1.35. The van der Waals surface area contributed by atoms with Crippen LogP contribution in [0.4, 0.5) is 5.69 Å². The lowest BCUT2D eigenvalue weighted by Gasteiger charge is -2.20. The van der Waals surface area contributed by atoms with Crippen LogP contribution in [0.2, 0.25) is 0 Å². The summed E-state index contributed by atoms with van der Waals surface area (Å²) in [6.07, 6.45) is 0. The van der Waals surface area contributed by atoms with Gasteiger partial charge in [0.15, 0.2) is 0 Å². The Kier molecular flexibility index (Phi) is 6.30. The summed E-state index contributed by atoms with van der Waals surface area (Å²) in [6, 6.07) is 50.0. The largest absolute Gasteiger partial charge is 0.456 e. The molecule has 7 nitrogen and oxygen atoms in total. The second kappa shape index (κ2) is 11.2. The molecule has 0 saturated carbocycles. The number of hydrogen-bond donors (Lipinski definition) is 0. The van der Waals surface area contributed by atoms with Gasteiger partial charge < -0.3 is 13.6 Å². The molecule has 0 N–H and O–H groups in total. The van der Waals surface area contributed by atoms with Gasteiger partial charge in [-0.05, 0) is 66.2 Å². The summed E-state index contributed by atoms with van der Waals surface area (Å²) in [6.45, 7) is 8.34. The Hall–Kier alpha value is -8.10. The van der Waals surface area contributed by atoms with Crippen molar-refractivity contribution < 1.29 is 4.42 Å². The number of furan rings is 1. The van der Waals surface area contributed by atoms with Crippen LogP contribution in [0, 0.1) is 40.6 Å². The lowest BCUT2D eigenvalue weighted by Crippen LogP contribution is -2.03. The summed E-state index contributed by atoms with van der Waals surface area (Å²) in [4.78, 5) is 3.95. The second-order valence-electron chi connectivity index (χ2n) is 12.9. The molecule has 0 aliphatic carbocycles. The molecule has 0 unspecified atom stereocenters. The first kappa shape index (κ1) is 29.8. The SMILES string of the molecule is [C-]#[N+]c1cc(C#N)c(C#N)c(-c2cc(C#N)cc(-n3c4ccccc4c4cc5oc6ccccc6c5cc43)c2)c1-n1c2ccccc2c2ccccc21. The summed E-state index contributed by atoms with van der Waals surface area (Å²) < 4.78 is 10.4. The van der Waals surface area contributed by atoms with Crippen molar-refractivity contribution in [2.45, 2.75) is 0 Å². The number of hydrogen-bond acceptors (Lipinski definition) is 4. The molecular formula is C46H22N6O. The molecule has 0 aliphatic rings. The van der Waals surface area contributed by atoms with E-state index in [2.05, 4.69) is 45.8 Å². The lowest BCUT2D eigenvalue weighted by atomic mass is 9.91. The van der Waals surface area contributed by atoms with E-state index in [0.717, 1.165) is 65.6 Å². The number of nitrogens with zero attached hydrogens (tertiary/aromatic N) is 6. The molecule has 3 heterocycles. The molecule has 53 heavy (non-hydrogen) atoms. The maximum Gasteiger partial charge on any atom is 0.212 e. The Bertz CT molecular complexity index is 3350. The van der Waals surface area contributed by atoms with E-state index >= 15 is 0 Å². The zero-order chi connectivity index (χ0) is 35.8. The standard InChI is InChI=1S/C46H22N6O/c1-50-38-21-29(25-48)37(26-49)45(46(38)52-40-15-7-2-10-31(40)32-11-3-8-16-41(32)52)28-18-27(24-47)19-30(20-28)51-39-14-6-4-12-33(39)35-23-44-36(22-42(35)51)34-13-5-9-17-43(34)53-44/h2-23H. The van der Waals surface area contributed by atoms with Crippen LogP contribution >= 0.6 is 0 Å². The summed E-state index contributed by atoms with van der Waals surface area (Å²) in [7, 11) is 0. The first-order valence-corrected chi connectivity index (χ1v) is 16.9. The zero-order valence-corrected chi connectivity index (χ0v) is 27.8. The average Bonchev–Trinajstić information content (AvgIpc) is 3.86. The summed E-state index contributed by atoms with van der Waals surface area (Å²) in [5.74, 6) is 0. The van der Waals surface area contributed by atoms with Crippen molar-refractivity contribution in [3.8, 4) is 40.7 Å². The highest BCUT2D eigenvalue weighted by Crippen LogP contribution is 2.45. The van der Waals surface area contributed by atoms with Gasteiger partial charge in [-0.15, -0.1) is 0 Å². The number of benzene rings is 7. The van der Waals surface area contributed by atoms with Gasteiger partial charge in [0.1, 0.15) is 17.2 Å². The fourth-order valence-corrected chi connectivity index (χ4v) is 8.03. The number of para-hydroxylation sites is 4. The van der Waals surface area contributed by atoms with E-state index in [1.807, 2.05) is 108 Å². The zero-order valence-electron chi connectivity index (χ0n) is 27.8. The molecule has 0 amide bonds. The van der Waals surface area contributed by atoms with Gasteiger partial charge in [-0.2, -0.15) is 15.8 Å². The monoisotopic (exact) mass is 674 g/mol. The van der Waals surface area contributed by atoms with Gasteiger partial charge in [0.05, 0.1) is 63.2 Å². The second-order valence-corrected chi connectivity index (χ2v) is 12.9. The van der Waals surface area contributed by atoms with E-state index in [0.29, 0.717) is 28.1 Å². The quantitative estimate of drug-likeness (QED) is 0.174. The third-order valence-corrected chi connectivity index (χ3v) is 10.2. The summed E-state index contributed by atoms with van der Waals surface area (Å²) in [5, 5.41) is 37.5. The molecule has 0 aliphatic heterocycles. The third-order valence-electron chi connectivity index (χ3n) is 10.2. The molecule has 0 fully saturated rings. The minimum atomic E-state index is 0.0908. The van der Waals surface area contributed by atoms with E-state index in [1.54, 1.807) is 6.07 Å². The number of nitriles is 3. The Morgan fingerprint density at radius 3 is 1.79 bits per heavy atom. The molecule has 0 atom stereocenters. The fraction of sp³-hybridized carbons (Fsp3) is 0. The van der Waals surface area contributed by atoms with E-state index in [9.17, 15) is 15.8 Å². The van der Waals surface area contributed by atoms with Crippen LogP contribution < -0.4 is 0 Å². The van der Waals surface area contributed by atoms with Crippen molar-refractivity contribution in [1.29, 1.82) is 15.8 Å². The predicted octanol–water partition coefficient (Wildman–Crippen LogP) is 11.6. The molecule has 10 rings (SSSR count). The van der Waals surface area contributed by atoms with Gasteiger partial charge >= 0.3 is 0 Å². The first-order valence-electron chi connectivity index (χ1n) is 16.9. The van der Waals surface area contributed by atoms with Crippen molar-refractivity contribution in [2.24, 2.45) is 0 Å². The summed E-state index contributed by atoms with van der Waals surface area (Å²) >= 11 is 0. The van der Waals surface area contributed by atoms with Gasteiger partial charge in [0, 0.05) is 43.6 Å². The molecule has 3 aromatic heterocycles. The first-order chi connectivity index (χ1) is 26.1. The van der Waals surface area contributed by atoms with Gasteiger partial charge in [0.25, 0.3) is 0 Å². The van der Waals surface area contributed by atoms with E-state index < -0.39 is 0 Å². The van der Waals surface area contributed by atoms with Crippen LogP contribution in [0.3, 0.4) is 0 Å². The molecule has 242 valence electrons. The molecule has 0 spiro atoms. The van der Waals surface area contributed by atoms with E-state index in [-0.39, 0.29) is 16.8 Å². The summed E-state index contributed by atoms with van der Waals surface area (Å²) in [5.41, 5.74) is 8.05. The van der Waals surface area contributed by atoms with Crippen molar-refractivity contribution in [3.05, 3.63) is 162 Å². The average molecular weight is 675 g/mol. The van der Waals surface area contributed by atoms with Crippen molar-refractivity contribution in [2.75, 3.05) is 0 Å². The minimum absolute atomic E-state index is 0.0908. The molecule has 0 bridgehead atoms. The van der Waals surface area contributed by atoms with Crippen LogP contribution in [0.15, 0.2) is 138 Å². The maximum absolute atomic E-state index is 10.8. The van der Waals surface area contributed by atoms with Gasteiger partial charge in [-0.25, -0.2) is 4.85 Å². The minimum Gasteiger partial charge on any atom is -0.456 e.